The van der Waals surface area contributed by atoms with Gasteiger partial charge in [0.05, 0.1) is 12.1 Å². The Morgan fingerprint density at radius 2 is 1.78 bits per heavy atom. The molecule has 160 valence electrons. The predicted molar refractivity (Wildman–Crippen MR) is 126 cm³/mol. The van der Waals surface area contributed by atoms with Crippen LogP contribution in [0.1, 0.15) is 21.5 Å². The summed E-state index contributed by atoms with van der Waals surface area (Å²) < 4.78 is 24.5. The molecular formula is C27H20ClFO3. The monoisotopic (exact) mass is 446 g/mol. The predicted octanol–water partition coefficient (Wildman–Crippen LogP) is 7.12. The highest BCUT2D eigenvalue weighted by molar-refractivity contribution is 6.30. The number of ketones is 1. The lowest BCUT2D eigenvalue weighted by Gasteiger charge is -2.11. The second-order valence-corrected chi connectivity index (χ2v) is 7.60. The van der Waals surface area contributed by atoms with E-state index in [0.717, 1.165) is 21.9 Å². The van der Waals surface area contributed by atoms with E-state index in [0.29, 0.717) is 17.1 Å². The zero-order valence-electron chi connectivity index (χ0n) is 17.3. The Labute approximate surface area is 190 Å². The minimum Gasteiger partial charge on any atom is -0.496 e. The minimum atomic E-state index is -0.500. The molecule has 4 aromatic carbocycles. The van der Waals surface area contributed by atoms with Gasteiger partial charge in [0.25, 0.3) is 0 Å². The van der Waals surface area contributed by atoms with Crippen molar-refractivity contribution < 1.29 is 18.7 Å². The molecule has 0 radical (unpaired) electrons. The first-order valence-corrected chi connectivity index (χ1v) is 10.4. The van der Waals surface area contributed by atoms with Crippen molar-refractivity contribution in [1.29, 1.82) is 0 Å². The quantitative estimate of drug-likeness (QED) is 0.224. The summed E-state index contributed by atoms with van der Waals surface area (Å²) in [5.74, 6) is 0.521. The molecule has 0 bridgehead atoms. The van der Waals surface area contributed by atoms with Gasteiger partial charge in [-0.25, -0.2) is 4.39 Å². The van der Waals surface area contributed by atoms with Gasteiger partial charge in [-0.1, -0.05) is 60.1 Å². The Morgan fingerprint density at radius 3 is 2.56 bits per heavy atom. The second kappa shape index (κ2) is 9.67. The van der Waals surface area contributed by atoms with Crippen molar-refractivity contribution in [1.82, 2.24) is 0 Å². The Morgan fingerprint density at radius 1 is 0.969 bits per heavy atom. The van der Waals surface area contributed by atoms with Crippen LogP contribution >= 0.6 is 11.6 Å². The third kappa shape index (κ3) is 4.98. The molecule has 0 aliphatic rings. The molecule has 0 aliphatic heterocycles. The standard InChI is InChI=1S/C27H20ClFO3/c1-31-27-13-7-18(14-22(27)17-32-23-10-11-25(29)24(28)16-23)6-12-26(30)21-9-8-19-4-2-3-5-20(19)15-21/h2-16H,17H2,1H3/b12-6+. The van der Waals surface area contributed by atoms with Gasteiger partial charge in [-0.3, -0.25) is 4.79 Å². The maximum Gasteiger partial charge on any atom is 0.185 e. The summed E-state index contributed by atoms with van der Waals surface area (Å²) in [6.45, 7) is 0.200. The molecule has 0 N–H and O–H groups in total. The molecule has 5 heteroatoms. The molecule has 4 aromatic rings. The van der Waals surface area contributed by atoms with Gasteiger partial charge in [0.15, 0.2) is 5.78 Å². The first kappa shape index (κ1) is 21.6. The van der Waals surface area contributed by atoms with Gasteiger partial charge < -0.3 is 9.47 Å². The molecule has 0 unspecified atom stereocenters. The number of halogens is 2. The first-order valence-electron chi connectivity index (χ1n) is 9.99. The van der Waals surface area contributed by atoms with Crippen LogP contribution < -0.4 is 9.47 Å². The highest BCUT2D eigenvalue weighted by Gasteiger charge is 2.08. The van der Waals surface area contributed by atoms with E-state index in [-0.39, 0.29) is 17.4 Å². The van der Waals surface area contributed by atoms with Gasteiger partial charge in [0, 0.05) is 17.2 Å². The van der Waals surface area contributed by atoms with Gasteiger partial charge in [0.1, 0.15) is 23.9 Å². The van der Waals surface area contributed by atoms with E-state index in [1.54, 1.807) is 19.3 Å². The zero-order valence-corrected chi connectivity index (χ0v) is 18.1. The van der Waals surface area contributed by atoms with E-state index in [2.05, 4.69) is 0 Å². The number of carbonyl (C=O) groups is 1. The summed E-state index contributed by atoms with van der Waals surface area (Å²) in [5, 5.41) is 2.12. The smallest absolute Gasteiger partial charge is 0.185 e. The molecule has 0 amide bonds. The van der Waals surface area contributed by atoms with Crippen molar-refractivity contribution in [3.05, 3.63) is 112 Å². The Balaban J connectivity index is 1.50. The Kier molecular flexibility index (Phi) is 6.52. The number of carbonyl (C=O) groups excluding carboxylic acids is 1. The van der Waals surface area contributed by atoms with Crippen LogP contribution in [0.2, 0.25) is 5.02 Å². The molecule has 0 spiro atoms. The molecule has 0 heterocycles. The molecule has 0 aliphatic carbocycles. The van der Waals surface area contributed by atoms with Crippen molar-refractivity contribution in [2.75, 3.05) is 7.11 Å². The van der Waals surface area contributed by atoms with Gasteiger partial charge >= 0.3 is 0 Å². The lowest BCUT2D eigenvalue weighted by molar-refractivity contribution is 0.104. The van der Waals surface area contributed by atoms with Crippen molar-refractivity contribution in [3.63, 3.8) is 0 Å². The highest BCUT2D eigenvalue weighted by Crippen LogP contribution is 2.25. The summed E-state index contributed by atoms with van der Waals surface area (Å²) in [4.78, 5) is 12.7. The molecule has 0 fully saturated rings. The van der Waals surface area contributed by atoms with E-state index in [1.165, 1.54) is 18.2 Å². The van der Waals surface area contributed by atoms with E-state index in [1.807, 2.05) is 60.7 Å². The maximum atomic E-state index is 13.3. The van der Waals surface area contributed by atoms with Crippen LogP contribution in [0.4, 0.5) is 4.39 Å². The summed E-state index contributed by atoms with van der Waals surface area (Å²) in [5.41, 5.74) is 2.24. The number of methoxy groups -OCH3 is 1. The van der Waals surface area contributed by atoms with Crippen LogP contribution in [0.3, 0.4) is 0 Å². The van der Waals surface area contributed by atoms with Crippen LogP contribution in [0.15, 0.2) is 84.9 Å². The fourth-order valence-electron chi connectivity index (χ4n) is 3.35. The molecule has 0 atom stereocenters. The van der Waals surface area contributed by atoms with Crippen LogP contribution in [-0.4, -0.2) is 12.9 Å². The lowest BCUT2D eigenvalue weighted by Crippen LogP contribution is -2.00. The summed E-state index contributed by atoms with van der Waals surface area (Å²) in [6, 6.07) is 23.3. The first-order chi connectivity index (χ1) is 15.5. The minimum absolute atomic E-state index is 0.00153. The Hall–Kier alpha value is -3.63. The van der Waals surface area contributed by atoms with E-state index in [9.17, 15) is 9.18 Å². The number of ether oxygens (including phenoxy) is 2. The number of rotatable bonds is 7. The van der Waals surface area contributed by atoms with E-state index in [4.69, 9.17) is 21.1 Å². The average molecular weight is 447 g/mol. The van der Waals surface area contributed by atoms with Gasteiger partial charge in [-0.15, -0.1) is 0 Å². The third-order valence-electron chi connectivity index (χ3n) is 5.05. The van der Waals surface area contributed by atoms with E-state index < -0.39 is 5.82 Å². The molecular weight excluding hydrogens is 427 g/mol. The fraction of sp³-hybridized carbons (Fsp3) is 0.0741. The van der Waals surface area contributed by atoms with Crippen molar-refractivity contribution in [2.24, 2.45) is 0 Å². The number of allylic oxidation sites excluding steroid dienone is 1. The van der Waals surface area contributed by atoms with E-state index >= 15 is 0 Å². The average Bonchev–Trinajstić information content (AvgIpc) is 2.83. The maximum absolute atomic E-state index is 13.3. The third-order valence-corrected chi connectivity index (χ3v) is 5.34. The largest absolute Gasteiger partial charge is 0.496 e. The number of hydrogen-bond acceptors (Lipinski definition) is 3. The SMILES string of the molecule is COc1ccc(/C=C/C(=O)c2ccc3ccccc3c2)cc1COc1ccc(F)c(Cl)c1. The van der Waals surface area contributed by atoms with Gasteiger partial charge in [-0.2, -0.15) is 0 Å². The number of benzene rings is 4. The van der Waals surface area contributed by atoms with Crippen LogP contribution in [0, 0.1) is 5.82 Å². The zero-order chi connectivity index (χ0) is 22.5. The molecule has 0 saturated heterocycles. The van der Waals surface area contributed by atoms with Crippen molar-refractivity contribution in [3.8, 4) is 11.5 Å². The normalized spacial score (nSPS) is 11.1. The van der Waals surface area contributed by atoms with Crippen LogP contribution in [0.25, 0.3) is 16.8 Å². The molecule has 0 aromatic heterocycles. The number of hydrogen-bond donors (Lipinski definition) is 0. The number of fused-ring (bicyclic) bond motifs is 1. The lowest BCUT2D eigenvalue weighted by atomic mass is 10.0. The summed E-state index contributed by atoms with van der Waals surface area (Å²) >= 11 is 5.81. The van der Waals surface area contributed by atoms with Crippen molar-refractivity contribution >= 4 is 34.2 Å². The van der Waals surface area contributed by atoms with Gasteiger partial charge in [-0.05, 0) is 52.7 Å². The van der Waals surface area contributed by atoms with Gasteiger partial charge in [0.2, 0.25) is 0 Å². The van der Waals surface area contributed by atoms with Crippen LogP contribution in [0.5, 0.6) is 11.5 Å². The second-order valence-electron chi connectivity index (χ2n) is 7.20. The highest BCUT2D eigenvalue weighted by atomic mass is 35.5. The Bertz CT molecular complexity index is 1310. The molecule has 0 saturated carbocycles. The molecule has 3 nitrogen and oxygen atoms in total. The molecule has 4 rings (SSSR count). The summed E-state index contributed by atoms with van der Waals surface area (Å²) in [6.07, 6.45) is 3.31. The van der Waals surface area contributed by atoms with Crippen LogP contribution in [-0.2, 0) is 6.61 Å². The fourth-order valence-corrected chi connectivity index (χ4v) is 3.52. The topological polar surface area (TPSA) is 35.5 Å². The molecule has 32 heavy (non-hydrogen) atoms. The summed E-state index contributed by atoms with van der Waals surface area (Å²) in [7, 11) is 1.58. The van der Waals surface area contributed by atoms with Crippen molar-refractivity contribution in [2.45, 2.75) is 6.61 Å².